The lowest BCUT2D eigenvalue weighted by molar-refractivity contribution is 0.178. The Morgan fingerprint density at radius 1 is 1.64 bits per heavy atom. The third kappa shape index (κ3) is 2.60. The van der Waals surface area contributed by atoms with Gasteiger partial charge in [-0.05, 0) is 40.7 Å². The van der Waals surface area contributed by atoms with Crippen molar-refractivity contribution in [1.29, 1.82) is 0 Å². The minimum absolute atomic E-state index is 0.449. The number of likely N-dealkylation sites (N-methyl/N-ethyl adjacent to an activating group) is 1. The maximum Gasteiger partial charge on any atom is 0.0915 e. The van der Waals surface area contributed by atoms with Gasteiger partial charge in [0.1, 0.15) is 0 Å². The molecule has 0 radical (unpaired) electrons. The summed E-state index contributed by atoms with van der Waals surface area (Å²) < 4.78 is 0.704. The number of halogens is 2. The Morgan fingerprint density at radius 3 is 2.79 bits per heavy atom. The number of rotatable bonds is 3. The van der Waals surface area contributed by atoms with Crippen LogP contribution in [-0.4, -0.2) is 18.7 Å². The molecule has 1 unspecified atom stereocenters. The zero-order valence-corrected chi connectivity index (χ0v) is 10.1. The highest BCUT2D eigenvalue weighted by Gasteiger charge is 2.10. The fourth-order valence-corrected chi connectivity index (χ4v) is 1.93. The van der Waals surface area contributed by atoms with Crippen LogP contribution < -0.4 is 11.1 Å². The minimum atomic E-state index is -0.575. The van der Waals surface area contributed by atoms with Gasteiger partial charge in [0.15, 0.2) is 0 Å². The monoisotopic (exact) mass is 278 g/mol. The van der Waals surface area contributed by atoms with Crippen LogP contribution in [0.3, 0.4) is 0 Å². The number of nitrogens with one attached hydrogen (secondary N) is 1. The second-order valence-electron chi connectivity index (χ2n) is 2.97. The first-order chi connectivity index (χ1) is 6.56. The van der Waals surface area contributed by atoms with Crippen LogP contribution in [-0.2, 0) is 0 Å². The second kappa shape index (κ2) is 4.98. The SMILES string of the molecule is CNCC(O)c1cc(Cl)c(N)c(Br)c1. The zero-order valence-electron chi connectivity index (χ0n) is 7.72. The maximum atomic E-state index is 9.68. The van der Waals surface area contributed by atoms with Crippen molar-refractivity contribution in [3.05, 3.63) is 27.2 Å². The molecule has 14 heavy (non-hydrogen) atoms. The molecule has 1 rings (SSSR count). The molecule has 0 aromatic heterocycles. The lowest BCUT2D eigenvalue weighted by atomic mass is 10.1. The molecule has 0 amide bonds. The summed E-state index contributed by atoms with van der Waals surface area (Å²) in [5.41, 5.74) is 6.88. The van der Waals surface area contributed by atoms with Crippen molar-refractivity contribution in [3.8, 4) is 0 Å². The molecule has 4 N–H and O–H groups in total. The molecule has 0 bridgehead atoms. The van der Waals surface area contributed by atoms with Gasteiger partial charge in [0.25, 0.3) is 0 Å². The number of aliphatic hydroxyl groups excluding tert-OH is 1. The number of hydrogen-bond donors (Lipinski definition) is 3. The van der Waals surface area contributed by atoms with Gasteiger partial charge in [-0.2, -0.15) is 0 Å². The van der Waals surface area contributed by atoms with E-state index in [2.05, 4.69) is 21.2 Å². The molecule has 1 aromatic rings. The first kappa shape index (κ1) is 11.8. The maximum absolute atomic E-state index is 9.68. The van der Waals surface area contributed by atoms with Crippen LogP contribution in [0.1, 0.15) is 11.7 Å². The van der Waals surface area contributed by atoms with Crippen molar-refractivity contribution in [2.75, 3.05) is 19.3 Å². The van der Waals surface area contributed by atoms with Crippen molar-refractivity contribution in [2.45, 2.75) is 6.10 Å². The first-order valence-electron chi connectivity index (χ1n) is 4.13. The molecule has 1 atom stereocenters. The Labute approximate surface area is 96.4 Å². The third-order valence-corrected chi connectivity index (χ3v) is 2.85. The van der Waals surface area contributed by atoms with Crippen molar-refractivity contribution in [3.63, 3.8) is 0 Å². The fourth-order valence-electron chi connectivity index (χ4n) is 1.11. The molecule has 3 nitrogen and oxygen atoms in total. The molecule has 5 heteroatoms. The minimum Gasteiger partial charge on any atom is -0.397 e. The molecule has 0 saturated heterocycles. The first-order valence-corrected chi connectivity index (χ1v) is 5.30. The van der Waals surface area contributed by atoms with Gasteiger partial charge in [0.05, 0.1) is 16.8 Å². The summed E-state index contributed by atoms with van der Waals surface area (Å²) in [7, 11) is 1.77. The summed E-state index contributed by atoms with van der Waals surface area (Å²) in [5, 5.41) is 13.0. The van der Waals surface area contributed by atoms with E-state index >= 15 is 0 Å². The Kier molecular flexibility index (Phi) is 4.19. The Morgan fingerprint density at radius 2 is 2.29 bits per heavy atom. The standard InChI is InChI=1S/C9H12BrClN2O/c1-13-4-8(14)5-2-6(10)9(12)7(11)3-5/h2-3,8,13-14H,4,12H2,1H3. The smallest absolute Gasteiger partial charge is 0.0915 e. The molecule has 1 aromatic carbocycles. The van der Waals surface area contributed by atoms with E-state index in [1.54, 1.807) is 19.2 Å². The van der Waals surface area contributed by atoms with E-state index in [0.717, 1.165) is 5.56 Å². The molecule has 0 aliphatic heterocycles. The van der Waals surface area contributed by atoms with E-state index < -0.39 is 6.10 Å². The van der Waals surface area contributed by atoms with E-state index in [0.29, 0.717) is 21.7 Å². The molecule has 0 saturated carbocycles. The van der Waals surface area contributed by atoms with Gasteiger partial charge in [0.2, 0.25) is 0 Å². The Bertz CT molecular complexity index is 310. The predicted molar refractivity (Wildman–Crippen MR) is 62.5 cm³/mol. The summed E-state index contributed by atoms with van der Waals surface area (Å²) in [6.45, 7) is 0.479. The molecule has 0 fully saturated rings. The van der Waals surface area contributed by atoms with Crippen LogP contribution in [0.25, 0.3) is 0 Å². The van der Waals surface area contributed by atoms with Crippen molar-refractivity contribution in [2.24, 2.45) is 0 Å². The normalized spacial score (nSPS) is 12.9. The second-order valence-corrected chi connectivity index (χ2v) is 4.23. The van der Waals surface area contributed by atoms with E-state index in [4.69, 9.17) is 17.3 Å². The topological polar surface area (TPSA) is 58.3 Å². The quantitative estimate of drug-likeness (QED) is 0.741. The van der Waals surface area contributed by atoms with E-state index in [-0.39, 0.29) is 0 Å². The molecule has 0 aliphatic carbocycles. The largest absolute Gasteiger partial charge is 0.397 e. The zero-order chi connectivity index (χ0) is 10.7. The Balaban J connectivity index is 3.00. The van der Waals surface area contributed by atoms with Gasteiger partial charge < -0.3 is 16.2 Å². The Hall–Kier alpha value is -0.290. The van der Waals surface area contributed by atoms with E-state index in [9.17, 15) is 5.11 Å². The van der Waals surface area contributed by atoms with E-state index in [1.165, 1.54) is 0 Å². The number of hydrogen-bond acceptors (Lipinski definition) is 3. The highest BCUT2D eigenvalue weighted by molar-refractivity contribution is 9.10. The lowest BCUT2D eigenvalue weighted by Crippen LogP contribution is -2.16. The van der Waals surface area contributed by atoms with Gasteiger partial charge in [-0.25, -0.2) is 0 Å². The van der Waals surface area contributed by atoms with Crippen LogP contribution in [0.5, 0.6) is 0 Å². The fraction of sp³-hybridized carbons (Fsp3) is 0.333. The highest BCUT2D eigenvalue weighted by Crippen LogP contribution is 2.31. The molecular formula is C9H12BrClN2O. The summed E-state index contributed by atoms with van der Waals surface area (Å²) in [6.07, 6.45) is -0.575. The molecule has 0 aliphatic rings. The number of benzene rings is 1. The van der Waals surface area contributed by atoms with Gasteiger partial charge >= 0.3 is 0 Å². The summed E-state index contributed by atoms with van der Waals surface area (Å²) in [5.74, 6) is 0. The van der Waals surface area contributed by atoms with Crippen molar-refractivity contribution < 1.29 is 5.11 Å². The summed E-state index contributed by atoms with van der Waals surface area (Å²) in [4.78, 5) is 0. The van der Waals surface area contributed by atoms with Crippen molar-refractivity contribution in [1.82, 2.24) is 5.32 Å². The van der Waals surface area contributed by atoms with Crippen LogP contribution in [0.2, 0.25) is 5.02 Å². The number of nitrogen functional groups attached to an aromatic ring is 1. The number of aliphatic hydroxyl groups is 1. The average Bonchev–Trinajstić information content (AvgIpc) is 2.13. The van der Waals surface area contributed by atoms with Gasteiger partial charge in [0, 0.05) is 11.0 Å². The van der Waals surface area contributed by atoms with Crippen LogP contribution >= 0.6 is 27.5 Å². The summed E-state index contributed by atoms with van der Waals surface area (Å²) in [6, 6.07) is 3.44. The van der Waals surface area contributed by atoms with Crippen LogP contribution in [0, 0.1) is 0 Å². The predicted octanol–water partition coefficient (Wildman–Crippen LogP) is 1.94. The number of anilines is 1. The highest BCUT2D eigenvalue weighted by atomic mass is 79.9. The van der Waals surface area contributed by atoms with Gasteiger partial charge in [-0.1, -0.05) is 11.6 Å². The molecule has 78 valence electrons. The molecule has 0 heterocycles. The lowest BCUT2D eigenvalue weighted by Gasteiger charge is -2.12. The average molecular weight is 280 g/mol. The third-order valence-electron chi connectivity index (χ3n) is 1.88. The van der Waals surface area contributed by atoms with Gasteiger partial charge in [-0.3, -0.25) is 0 Å². The van der Waals surface area contributed by atoms with Crippen molar-refractivity contribution >= 4 is 33.2 Å². The van der Waals surface area contributed by atoms with Crippen LogP contribution in [0.4, 0.5) is 5.69 Å². The molecular weight excluding hydrogens is 267 g/mol. The van der Waals surface area contributed by atoms with E-state index in [1.807, 2.05) is 0 Å². The van der Waals surface area contributed by atoms with Gasteiger partial charge in [-0.15, -0.1) is 0 Å². The molecule has 0 spiro atoms. The van der Waals surface area contributed by atoms with Crippen LogP contribution in [0.15, 0.2) is 16.6 Å². The number of nitrogens with two attached hydrogens (primary N) is 1. The summed E-state index contributed by atoms with van der Waals surface area (Å²) >= 11 is 9.15.